The van der Waals surface area contributed by atoms with E-state index < -0.39 is 0 Å². The number of para-hydroxylation sites is 1. The Bertz CT molecular complexity index is 601. The minimum absolute atomic E-state index is 0.306. The third kappa shape index (κ3) is 4.35. The minimum atomic E-state index is -0.367. The summed E-state index contributed by atoms with van der Waals surface area (Å²) >= 11 is 9.44. The summed E-state index contributed by atoms with van der Waals surface area (Å²) in [6.45, 7) is 3.13. The smallest absolute Gasteiger partial charge is 0.147 e. The molecule has 21 heavy (non-hydrogen) atoms. The monoisotopic (exact) mass is 371 g/mol. The lowest BCUT2D eigenvalue weighted by Gasteiger charge is -2.14. The molecule has 0 bridgehead atoms. The van der Waals surface area contributed by atoms with Gasteiger partial charge < -0.3 is 10.1 Å². The van der Waals surface area contributed by atoms with Crippen molar-refractivity contribution in [3.8, 4) is 5.75 Å². The predicted octanol–water partition coefficient (Wildman–Crippen LogP) is 5.64. The van der Waals surface area contributed by atoms with Crippen LogP contribution in [0.15, 0.2) is 40.9 Å². The molecule has 112 valence electrons. The molecule has 0 aliphatic carbocycles. The predicted molar refractivity (Wildman–Crippen MR) is 88.7 cm³/mol. The quantitative estimate of drug-likeness (QED) is 0.708. The van der Waals surface area contributed by atoms with Crippen molar-refractivity contribution in [3.63, 3.8) is 0 Å². The normalized spacial score (nSPS) is 10.5. The molecule has 0 saturated heterocycles. The van der Waals surface area contributed by atoms with E-state index in [-0.39, 0.29) is 5.82 Å². The van der Waals surface area contributed by atoms with E-state index in [0.29, 0.717) is 23.9 Å². The Morgan fingerprint density at radius 2 is 2.10 bits per heavy atom. The Labute approximate surface area is 137 Å². The zero-order valence-corrected chi connectivity index (χ0v) is 14.0. The molecule has 1 N–H and O–H groups in total. The van der Waals surface area contributed by atoms with E-state index >= 15 is 0 Å². The zero-order chi connectivity index (χ0) is 15.2. The molecule has 2 aromatic rings. The third-order valence-corrected chi connectivity index (χ3v) is 3.71. The second-order valence-electron chi connectivity index (χ2n) is 4.55. The van der Waals surface area contributed by atoms with Gasteiger partial charge in [-0.1, -0.05) is 40.5 Å². The van der Waals surface area contributed by atoms with E-state index in [1.54, 1.807) is 12.1 Å². The largest absolute Gasteiger partial charge is 0.493 e. The molecule has 2 rings (SSSR count). The summed E-state index contributed by atoms with van der Waals surface area (Å²) in [5, 5.41) is 3.40. The molecular formula is C16H16BrClFNO. The van der Waals surface area contributed by atoms with Crippen molar-refractivity contribution in [2.75, 3.05) is 11.9 Å². The summed E-state index contributed by atoms with van der Waals surface area (Å²) in [7, 11) is 0. The van der Waals surface area contributed by atoms with Gasteiger partial charge in [-0.2, -0.15) is 0 Å². The van der Waals surface area contributed by atoms with Crippen molar-refractivity contribution in [1.29, 1.82) is 0 Å². The molecule has 2 nitrogen and oxygen atoms in total. The molecule has 2 aromatic carbocycles. The first kappa shape index (κ1) is 16.1. The average Bonchev–Trinajstić information content (AvgIpc) is 2.46. The molecular weight excluding hydrogens is 357 g/mol. The summed E-state index contributed by atoms with van der Waals surface area (Å²) in [5.74, 6) is 0.425. The second kappa shape index (κ2) is 7.66. The standard InChI is InChI=1S/C16H16BrClFNO/c1-2-8-21-15-7-6-12(17)9-11(15)10-20-16-13(18)4-3-5-14(16)19/h3-7,9,20H,2,8,10H2,1H3. The van der Waals surface area contributed by atoms with Crippen LogP contribution in [0.3, 0.4) is 0 Å². The van der Waals surface area contributed by atoms with Gasteiger partial charge in [0.25, 0.3) is 0 Å². The van der Waals surface area contributed by atoms with Crippen LogP contribution in [0.5, 0.6) is 5.75 Å². The van der Waals surface area contributed by atoms with Gasteiger partial charge in [-0.15, -0.1) is 0 Å². The first-order chi connectivity index (χ1) is 10.1. The summed E-state index contributed by atoms with van der Waals surface area (Å²) < 4.78 is 20.4. The molecule has 0 heterocycles. The highest BCUT2D eigenvalue weighted by Crippen LogP contribution is 2.28. The van der Waals surface area contributed by atoms with Gasteiger partial charge in [0, 0.05) is 16.6 Å². The van der Waals surface area contributed by atoms with Crippen LogP contribution in [-0.4, -0.2) is 6.61 Å². The van der Waals surface area contributed by atoms with Crippen molar-refractivity contribution < 1.29 is 9.13 Å². The van der Waals surface area contributed by atoms with Crippen molar-refractivity contribution in [2.24, 2.45) is 0 Å². The molecule has 0 fully saturated rings. The molecule has 0 aliphatic heterocycles. The Morgan fingerprint density at radius 1 is 1.29 bits per heavy atom. The van der Waals surface area contributed by atoms with Crippen molar-refractivity contribution in [2.45, 2.75) is 19.9 Å². The van der Waals surface area contributed by atoms with Gasteiger partial charge in [-0.3, -0.25) is 0 Å². The second-order valence-corrected chi connectivity index (χ2v) is 5.87. The first-order valence-corrected chi connectivity index (χ1v) is 7.88. The molecule has 0 spiro atoms. The number of ether oxygens (including phenoxy) is 1. The maximum absolute atomic E-state index is 13.7. The maximum Gasteiger partial charge on any atom is 0.147 e. The lowest BCUT2D eigenvalue weighted by Crippen LogP contribution is -2.05. The number of hydrogen-bond acceptors (Lipinski definition) is 2. The molecule has 0 atom stereocenters. The van der Waals surface area contributed by atoms with Gasteiger partial charge in [0.05, 0.1) is 17.3 Å². The summed E-state index contributed by atoms with van der Waals surface area (Å²) in [6.07, 6.45) is 0.933. The highest BCUT2D eigenvalue weighted by Gasteiger charge is 2.09. The SMILES string of the molecule is CCCOc1ccc(Br)cc1CNc1c(F)cccc1Cl. The number of nitrogens with one attached hydrogen (secondary N) is 1. The van der Waals surface area contributed by atoms with E-state index in [9.17, 15) is 4.39 Å². The Hall–Kier alpha value is -1.26. The molecule has 0 radical (unpaired) electrons. The minimum Gasteiger partial charge on any atom is -0.493 e. The fourth-order valence-corrected chi connectivity index (χ4v) is 2.53. The van der Waals surface area contributed by atoms with Gasteiger partial charge in [0.1, 0.15) is 11.6 Å². The topological polar surface area (TPSA) is 21.3 Å². The van der Waals surface area contributed by atoms with Crippen molar-refractivity contribution >= 4 is 33.2 Å². The van der Waals surface area contributed by atoms with Gasteiger partial charge in [-0.25, -0.2) is 4.39 Å². The van der Waals surface area contributed by atoms with Crippen LogP contribution in [0.2, 0.25) is 5.02 Å². The average molecular weight is 373 g/mol. The Kier molecular flexibility index (Phi) is 5.88. The van der Waals surface area contributed by atoms with E-state index in [1.807, 2.05) is 18.2 Å². The number of benzene rings is 2. The molecule has 0 aromatic heterocycles. The number of anilines is 1. The fraction of sp³-hybridized carbons (Fsp3) is 0.250. The van der Waals surface area contributed by atoms with Gasteiger partial charge in [0.2, 0.25) is 0 Å². The van der Waals surface area contributed by atoms with Gasteiger partial charge >= 0.3 is 0 Å². The number of rotatable bonds is 6. The van der Waals surface area contributed by atoms with E-state index in [0.717, 1.165) is 22.2 Å². The van der Waals surface area contributed by atoms with Crippen LogP contribution in [0.1, 0.15) is 18.9 Å². The van der Waals surface area contributed by atoms with Gasteiger partial charge in [-0.05, 0) is 36.8 Å². The van der Waals surface area contributed by atoms with Crippen LogP contribution in [-0.2, 0) is 6.54 Å². The van der Waals surface area contributed by atoms with Crippen LogP contribution < -0.4 is 10.1 Å². The molecule has 0 amide bonds. The van der Waals surface area contributed by atoms with Crippen LogP contribution >= 0.6 is 27.5 Å². The highest BCUT2D eigenvalue weighted by molar-refractivity contribution is 9.10. The zero-order valence-electron chi connectivity index (χ0n) is 11.6. The highest BCUT2D eigenvalue weighted by atomic mass is 79.9. The van der Waals surface area contributed by atoms with E-state index in [2.05, 4.69) is 28.2 Å². The fourth-order valence-electron chi connectivity index (χ4n) is 1.89. The lowest BCUT2D eigenvalue weighted by molar-refractivity contribution is 0.314. The lowest BCUT2D eigenvalue weighted by atomic mass is 10.2. The maximum atomic E-state index is 13.7. The van der Waals surface area contributed by atoms with Crippen LogP contribution in [0.25, 0.3) is 0 Å². The Balaban J connectivity index is 2.17. The molecule has 5 heteroatoms. The molecule has 0 unspecified atom stereocenters. The van der Waals surface area contributed by atoms with Crippen LogP contribution in [0.4, 0.5) is 10.1 Å². The number of hydrogen-bond donors (Lipinski definition) is 1. The van der Waals surface area contributed by atoms with Gasteiger partial charge in [0.15, 0.2) is 0 Å². The summed E-state index contributed by atoms with van der Waals surface area (Å²) in [4.78, 5) is 0. The van der Waals surface area contributed by atoms with Crippen molar-refractivity contribution in [1.82, 2.24) is 0 Å². The third-order valence-electron chi connectivity index (χ3n) is 2.90. The Morgan fingerprint density at radius 3 is 2.81 bits per heavy atom. The molecule has 0 saturated carbocycles. The molecule has 0 aliphatic rings. The first-order valence-electron chi connectivity index (χ1n) is 6.71. The summed E-state index contributed by atoms with van der Waals surface area (Å²) in [5.41, 5.74) is 1.25. The van der Waals surface area contributed by atoms with Crippen LogP contribution in [0, 0.1) is 5.82 Å². The van der Waals surface area contributed by atoms with Crippen molar-refractivity contribution in [3.05, 3.63) is 57.3 Å². The van der Waals surface area contributed by atoms with E-state index in [1.165, 1.54) is 6.07 Å². The number of halogens is 3. The van der Waals surface area contributed by atoms with E-state index in [4.69, 9.17) is 16.3 Å². The summed E-state index contributed by atoms with van der Waals surface area (Å²) in [6, 6.07) is 10.4.